The van der Waals surface area contributed by atoms with Gasteiger partial charge in [0, 0.05) is 6.42 Å². The van der Waals surface area contributed by atoms with E-state index in [9.17, 15) is 4.79 Å². The van der Waals surface area contributed by atoms with Gasteiger partial charge in [-0.15, -0.1) is 0 Å². The van der Waals surface area contributed by atoms with Crippen molar-refractivity contribution in [1.82, 2.24) is 0 Å². The highest BCUT2D eigenvalue weighted by molar-refractivity contribution is 9.10. The second kappa shape index (κ2) is 8.23. The van der Waals surface area contributed by atoms with Gasteiger partial charge in [0.1, 0.15) is 0 Å². The molecule has 0 radical (unpaired) electrons. The van der Waals surface area contributed by atoms with Gasteiger partial charge in [0.2, 0.25) is 0 Å². The molecule has 0 aromatic heterocycles. The molecule has 0 bridgehead atoms. The summed E-state index contributed by atoms with van der Waals surface area (Å²) in [5.74, 6) is 0.158. The van der Waals surface area contributed by atoms with Crippen molar-refractivity contribution in [3.63, 3.8) is 0 Å². The maximum absolute atomic E-state index is 12.1. The second-order valence-electron chi connectivity index (χ2n) is 7.02. The van der Waals surface area contributed by atoms with Crippen molar-refractivity contribution in [2.45, 2.75) is 50.2 Å². The van der Waals surface area contributed by atoms with E-state index in [1.807, 2.05) is 42.5 Å². The van der Waals surface area contributed by atoms with E-state index >= 15 is 0 Å². The first-order valence-corrected chi connectivity index (χ1v) is 11.5. The van der Waals surface area contributed by atoms with E-state index in [0.29, 0.717) is 13.0 Å². The molecule has 1 unspecified atom stereocenters. The Balaban J connectivity index is 2.44. The van der Waals surface area contributed by atoms with Crippen LogP contribution < -0.4 is 0 Å². The monoisotopic (exact) mass is 382 g/mol. The number of Topliss-reactive ketones (excluding diaryl/α,β-unsaturated/α-hetero) is 1. The molecule has 0 aliphatic heterocycles. The lowest BCUT2D eigenvalue weighted by Crippen LogP contribution is -2.42. The molecule has 0 spiro atoms. The molecule has 1 aromatic carbocycles. The van der Waals surface area contributed by atoms with Gasteiger partial charge in [-0.2, -0.15) is 0 Å². The third kappa shape index (κ3) is 6.19. The normalized spacial score (nSPS) is 14.3. The molecular formula is C18H27BrO2Si. The van der Waals surface area contributed by atoms with Gasteiger partial charge < -0.3 is 4.43 Å². The molecule has 1 rings (SSSR count). The highest BCUT2D eigenvalue weighted by Crippen LogP contribution is 2.36. The minimum Gasteiger partial charge on any atom is -0.415 e. The summed E-state index contributed by atoms with van der Waals surface area (Å²) in [5, 5.41) is 0.163. The molecule has 0 heterocycles. The fourth-order valence-electron chi connectivity index (χ4n) is 1.59. The summed E-state index contributed by atoms with van der Waals surface area (Å²) in [7, 11) is -1.80. The molecule has 0 fully saturated rings. The van der Waals surface area contributed by atoms with E-state index in [0.717, 1.165) is 5.56 Å². The predicted octanol–water partition coefficient (Wildman–Crippen LogP) is 5.44. The Labute approximate surface area is 144 Å². The third-order valence-electron chi connectivity index (χ3n) is 4.17. The van der Waals surface area contributed by atoms with E-state index in [4.69, 9.17) is 4.43 Å². The minimum absolute atomic E-state index is 0.158. The molecule has 0 N–H and O–H groups in total. The topological polar surface area (TPSA) is 26.3 Å². The van der Waals surface area contributed by atoms with Crippen LogP contribution in [0.25, 0.3) is 6.08 Å². The Morgan fingerprint density at radius 3 is 2.41 bits per heavy atom. The summed E-state index contributed by atoms with van der Waals surface area (Å²) in [6, 6.07) is 10.00. The van der Waals surface area contributed by atoms with Gasteiger partial charge in [0.25, 0.3) is 0 Å². The summed E-state index contributed by atoms with van der Waals surface area (Å²) in [5.41, 5.74) is 1.11. The SMILES string of the molecule is CC(C)(C)[Si](C)(C)OCC(Br)C(=O)C/C=C/c1ccccc1. The average Bonchev–Trinajstić information content (AvgIpc) is 2.44. The molecule has 22 heavy (non-hydrogen) atoms. The van der Waals surface area contributed by atoms with Gasteiger partial charge in [0.15, 0.2) is 14.1 Å². The lowest BCUT2D eigenvalue weighted by atomic mass is 10.1. The van der Waals surface area contributed by atoms with Gasteiger partial charge in [-0.25, -0.2) is 0 Å². The number of allylic oxidation sites excluding steroid dienone is 1. The number of carbonyl (C=O) groups excluding carboxylic acids is 1. The van der Waals surface area contributed by atoms with Crippen LogP contribution in [0.4, 0.5) is 0 Å². The Hall–Kier alpha value is -0.713. The summed E-state index contributed by atoms with van der Waals surface area (Å²) in [6.45, 7) is 11.5. The van der Waals surface area contributed by atoms with Gasteiger partial charge >= 0.3 is 0 Å². The van der Waals surface area contributed by atoms with Crippen LogP contribution >= 0.6 is 15.9 Å². The van der Waals surface area contributed by atoms with Crippen molar-refractivity contribution in [1.29, 1.82) is 0 Å². The molecule has 1 atom stereocenters. The van der Waals surface area contributed by atoms with E-state index in [1.54, 1.807) is 0 Å². The fourth-order valence-corrected chi connectivity index (χ4v) is 3.17. The number of alkyl halides is 1. The zero-order valence-corrected chi connectivity index (χ0v) is 16.8. The van der Waals surface area contributed by atoms with Crippen LogP contribution in [0.5, 0.6) is 0 Å². The molecule has 0 saturated heterocycles. The molecule has 0 amide bonds. The smallest absolute Gasteiger partial charge is 0.192 e. The van der Waals surface area contributed by atoms with E-state index in [-0.39, 0.29) is 15.6 Å². The Kier molecular flexibility index (Phi) is 7.23. The number of hydrogen-bond donors (Lipinski definition) is 0. The number of hydrogen-bond acceptors (Lipinski definition) is 2. The van der Waals surface area contributed by atoms with Gasteiger partial charge in [-0.3, -0.25) is 4.79 Å². The van der Waals surface area contributed by atoms with Crippen LogP contribution in [0, 0.1) is 0 Å². The number of halogens is 1. The first kappa shape index (κ1) is 19.3. The summed E-state index contributed by atoms with van der Waals surface area (Å²) < 4.78 is 6.09. The largest absolute Gasteiger partial charge is 0.415 e. The van der Waals surface area contributed by atoms with Crippen molar-refractivity contribution in [2.75, 3.05) is 6.61 Å². The quantitative estimate of drug-likeness (QED) is 0.463. The number of rotatable bonds is 7. The van der Waals surface area contributed by atoms with Gasteiger partial charge in [-0.05, 0) is 23.7 Å². The van der Waals surface area contributed by atoms with E-state index < -0.39 is 8.32 Å². The summed E-state index contributed by atoms with van der Waals surface area (Å²) in [6.07, 6.45) is 4.32. The van der Waals surface area contributed by atoms with Crippen molar-refractivity contribution in [3.05, 3.63) is 42.0 Å². The van der Waals surface area contributed by atoms with Crippen molar-refractivity contribution < 1.29 is 9.22 Å². The van der Waals surface area contributed by atoms with Gasteiger partial charge in [-0.1, -0.05) is 79.2 Å². The van der Waals surface area contributed by atoms with Crippen molar-refractivity contribution in [3.8, 4) is 0 Å². The van der Waals surface area contributed by atoms with Crippen molar-refractivity contribution >= 4 is 36.1 Å². The zero-order chi connectivity index (χ0) is 16.8. The number of carbonyl (C=O) groups is 1. The molecule has 0 aliphatic carbocycles. The fraction of sp³-hybridized carbons (Fsp3) is 0.500. The predicted molar refractivity (Wildman–Crippen MR) is 101 cm³/mol. The zero-order valence-electron chi connectivity index (χ0n) is 14.2. The molecule has 0 saturated carbocycles. The molecule has 122 valence electrons. The first-order valence-electron chi connectivity index (χ1n) is 7.66. The summed E-state index contributed by atoms with van der Waals surface area (Å²) >= 11 is 3.46. The van der Waals surface area contributed by atoms with Crippen LogP contribution in [-0.2, 0) is 9.22 Å². The standard InChI is InChI=1S/C18H27BrO2Si/c1-18(2,3)22(4,5)21-14-16(19)17(20)13-9-12-15-10-7-6-8-11-15/h6-12,16H,13-14H2,1-5H3/b12-9+. The Bertz CT molecular complexity index is 504. The van der Waals surface area contributed by atoms with Crippen LogP contribution in [-0.4, -0.2) is 25.5 Å². The second-order valence-corrected chi connectivity index (χ2v) is 12.9. The number of ketones is 1. The average molecular weight is 383 g/mol. The summed E-state index contributed by atoms with van der Waals surface area (Å²) in [4.78, 5) is 11.9. The first-order chi connectivity index (χ1) is 10.1. The lowest BCUT2D eigenvalue weighted by molar-refractivity contribution is -0.118. The molecule has 1 aromatic rings. The highest BCUT2D eigenvalue weighted by atomic mass is 79.9. The van der Waals surface area contributed by atoms with Crippen LogP contribution in [0.15, 0.2) is 36.4 Å². The van der Waals surface area contributed by atoms with Gasteiger partial charge in [0.05, 0.1) is 11.4 Å². The van der Waals surface area contributed by atoms with Crippen LogP contribution in [0.2, 0.25) is 18.1 Å². The minimum atomic E-state index is -1.80. The molecule has 0 aliphatic rings. The Morgan fingerprint density at radius 2 is 1.86 bits per heavy atom. The van der Waals surface area contributed by atoms with Crippen LogP contribution in [0.3, 0.4) is 0 Å². The third-order valence-corrected chi connectivity index (χ3v) is 9.45. The molecule has 4 heteroatoms. The van der Waals surface area contributed by atoms with E-state index in [2.05, 4.69) is 49.8 Å². The maximum atomic E-state index is 12.1. The van der Waals surface area contributed by atoms with E-state index in [1.165, 1.54) is 0 Å². The highest BCUT2D eigenvalue weighted by Gasteiger charge is 2.37. The Morgan fingerprint density at radius 1 is 1.27 bits per heavy atom. The van der Waals surface area contributed by atoms with Crippen LogP contribution in [0.1, 0.15) is 32.8 Å². The molecular weight excluding hydrogens is 356 g/mol. The number of benzene rings is 1. The van der Waals surface area contributed by atoms with Crippen molar-refractivity contribution in [2.24, 2.45) is 0 Å². The lowest BCUT2D eigenvalue weighted by Gasteiger charge is -2.36. The molecule has 2 nitrogen and oxygen atoms in total. The maximum Gasteiger partial charge on any atom is 0.192 e.